The van der Waals surface area contributed by atoms with E-state index in [9.17, 15) is 9.18 Å². The Morgan fingerprint density at radius 1 is 1.33 bits per heavy atom. The van der Waals surface area contributed by atoms with E-state index in [0.717, 1.165) is 19.4 Å². The minimum Gasteiger partial charge on any atom is -0.489 e. The van der Waals surface area contributed by atoms with Gasteiger partial charge in [-0.15, -0.1) is 0 Å². The second kappa shape index (κ2) is 8.30. The molecule has 2 saturated heterocycles. The van der Waals surface area contributed by atoms with Gasteiger partial charge >= 0.3 is 0 Å². The van der Waals surface area contributed by atoms with Gasteiger partial charge in [-0.05, 0) is 25.0 Å². The summed E-state index contributed by atoms with van der Waals surface area (Å²) < 4.78 is 30.0. The Hall–Kier alpha value is -1.86. The molecule has 0 aromatic heterocycles. The van der Waals surface area contributed by atoms with E-state index >= 15 is 0 Å². The van der Waals surface area contributed by atoms with Gasteiger partial charge in [-0.3, -0.25) is 4.79 Å². The molecule has 2 aliphatic heterocycles. The van der Waals surface area contributed by atoms with Gasteiger partial charge in [-0.25, -0.2) is 4.39 Å². The van der Waals surface area contributed by atoms with Crippen molar-refractivity contribution in [2.24, 2.45) is 0 Å². The van der Waals surface area contributed by atoms with E-state index in [-0.39, 0.29) is 24.4 Å². The number of carbonyl (C=O) groups is 1. The highest BCUT2D eigenvalue weighted by molar-refractivity contribution is 5.81. The molecule has 0 unspecified atom stereocenters. The lowest BCUT2D eigenvalue weighted by atomic mass is 10.2. The summed E-state index contributed by atoms with van der Waals surface area (Å²) in [5.41, 5.74) is 0.481. The zero-order valence-corrected chi connectivity index (χ0v) is 13.6. The van der Waals surface area contributed by atoms with Crippen molar-refractivity contribution in [3.05, 3.63) is 24.0 Å². The molecule has 1 atom stereocenters. The second-order valence-corrected chi connectivity index (χ2v) is 5.93. The van der Waals surface area contributed by atoms with Crippen LogP contribution in [0.1, 0.15) is 12.8 Å². The number of anilines is 1. The zero-order chi connectivity index (χ0) is 16.8. The van der Waals surface area contributed by atoms with E-state index in [1.807, 2.05) is 0 Å². The minimum absolute atomic E-state index is 0.0346. The molecule has 7 heteroatoms. The van der Waals surface area contributed by atoms with Gasteiger partial charge in [0.2, 0.25) is 5.91 Å². The topological polar surface area (TPSA) is 60.0 Å². The van der Waals surface area contributed by atoms with Crippen LogP contribution in [0.3, 0.4) is 0 Å². The van der Waals surface area contributed by atoms with Crippen molar-refractivity contribution in [2.75, 3.05) is 51.4 Å². The second-order valence-electron chi connectivity index (χ2n) is 5.93. The first-order valence-corrected chi connectivity index (χ1v) is 8.36. The smallest absolute Gasteiger partial charge is 0.242 e. The Bertz CT molecular complexity index is 558. The van der Waals surface area contributed by atoms with Crippen LogP contribution in [-0.4, -0.2) is 63.0 Å². The van der Waals surface area contributed by atoms with Crippen LogP contribution in [0.4, 0.5) is 10.1 Å². The molecule has 0 radical (unpaired) electrons. The van der Waals surface area contributed by atoms with Crippen LogP contribution in [0.5, 0.6) is 5.75 Å². The number of halogens is 1. The maximum atomic E-state index is 13.5. The normalized spacial score (nSPS) is 20.9. The first kappa shape index (κ1) is 17.0. The summed E-state index contributed by atoms with van der Waals surface area (Å²) in [6, 6.07) is 4.27. The molecule has 1 N–H and O–H groups in total. The first-order valence-electron chi connectivity index (χ1n) is 8.36. The van der Waals surface area contributed by atoms with Gasteiger partial charge in [0.05, 0.1) is 31.5 Å². The maximum absolute atomic E-state index is 13.5. The molecule has 1 aromatic rings. The number of nitrogens with one attached hydrogen (secondary N) is 1. The molecule has 2 aliphatic rings. The summed E-state index contributed by atoms with van der Waals surface area (Å²) in [5.74, 6) is 0.120. The number of morpholine rings is 1. The monoisotopic (exact) mass is 338 g/mol. The SMILES string of the molecule is O=C(CNc1cc(F)ccc1OC[C@@H]1CCCO1)N1CCOCC1. The third-order valence-electron chi connectivity index (χ3n) is 4.18. The van der Waals surface area contributed by atoms with Gasteiger partial charge < -0.3 is 24.4 Å². The van der Waals surface area contributed by atoms with Crippen LogP contribution < -0.4 is 10.1 Å². The first-order chi connectivity index (χ1) is 11.7. The van der Waals surface area contributed by atoms with E-state index in [0.29, 0.717) is 44.3 Å². The van der Waals surface area contributed by atoms with E-state index in [1.165, 1.54) is 12.1 Å². The van der Waals surface area contributed by atoms with E-state index in [4.69, 9.17) is 14.2 Å². The van der Waals surface area contributed by atoms with Crippen molar-refractivity contribution in [1.82, 2.24) is 4.90 Å². The third-order valence-corrected chi connectivity index (χ3v) is 4.18. The number of nitrogens with zero attached hydrogens (tertiary/aromatic N) is 1. The minimum atomic E-state index is -0.374. The third kappa shape index (κ3) is 4.58. The Morgan fingerprint density at radius 2 is 2.17 bits per heavy atom. The molecule has 1 amide bonds. The van der Waals surface area contributed by atoms with Gasteiger partial charge in [-0.2, -0.15) is 0 Å². The molecule has 3 rings (SSSR count). The number of carbonyl (C=O) groups excluding carboxylic acids is 1. The molecule has 132 valence electrons. The van der Waals surface area contributed by atoms with Crippen molar-refractivity contribution in [2.45, 2.75) is 18.9 Å². The van der Waals surface area contributed by atoms with Crippen LogP contribution in [0.15, 0.2) is 18.2 Å². The largest absolute Gasteiger partial charge is 0.489 e. The number of amides is 1. The van der Waals surface area contributed by atoms with Crippen molar-refractivity contribution < 1.29 is 23.4 Å². The van der Waals surface area contributed by atoms with Crippen LogP contribution in [0, 0.1) is 5.82 Å². The maximum Gasteiger partial charge on any atom is 0.242 e. The summed E-state index contributed by atoms with van der Waals surface area (Å²) in [4.78, 5) is 13.9. The summed E-state index contributed by atoms with van der Waals surface area (Å²) in [6.07, 6.45) is 2.09. The lowest BCUT2D eigenvalue weighted by Gasteiger charge is -2.27. The van der Waals surface area contributed by atoms with Crippen LogP contribution in [-0.2, 0) is 14.3 Å². The van der Waals surface area contributed by atoms with E-state index in [1.54, 1.807) is 11.0 Å². The molecule has 24 heavy (non-hydrogen) atoms. The molecule has 0 bridgehead atoms. The number of rotatable bonds is 6. The molecular weight excluding hydrogens is 315 g/mol. The molecule has 1 aromatic carbocycles. The van der Waals surface area contributed by atoms with Gasteiger partial charge in [0, 0.05) is 25.8 Å². The Labute approximate surface area is 140 Å². The highest BCUT2D eigenvalue weighted by Crippen LogP contribution is 2.26. The summed E-state index contributed by atoms with van der Waals surface area (Å²) in [6.45, 7) is 3.58. The predicted molar refractivity (Wildman–Crippen MR) is 86.8 cm³/mol. The highest BCUT2D eigenvalue weighted by Gasteiger charge is 2.19. The predicted octanol–water partition coefficient (Wildman–Crippen LogP) is 1.65. The lowest BCUT2D eigenvalue weighted by Crippen LogP contribution is -2.43. The summed E-state index contributed by atoms with van der Waals surface area (Å²) in [5, 5.41) is 2.99. The van der Waals surface area contributed by atoms with Gasteiger partial charge in [0.1, 0.15) is 18.2 Å². The van der Waals surface area contributed by atoms with Gasteiger partial charge in [-0.1, -0.05) is 0 Å². The van der Waals surface area contributed by atoms with Gasteiger partial charge in [0.25, 0.3) is 0 Å². The van der Waals surface area contributed by atoms with Crippen molar-refractivity contribution >= 4 is 11.6 Å². The molecule has 2 fully saturated rings. The number of hydrogen-bond acceptors (Lipinski definition) is 5. The van der Waals surface area contributed by atoms with E-state index in [2.05, 4.69) is 5.32 Å². The van der Waals surface area contributed by atoms with Crippen LogP contribution in [0.2, 0.25) is 0 Å². The highest BCUT2D eigenvalue weighted by atomic mass is 19.1. The van der Waals surface area contributed by atoms with Crippen LogP contribution >= 0.6 is 0 Å². The average molecular weight is 338 g/mol. The number of hydrogen-bond donors (Lipinski definition) is 1. The Morgan fingerprint density at radius 3 is 2.92 bits per heavy atom. The fourth-order valence-corrected chi connectivity index (χ4v) is 2.82. The molecule has 6 nitrogen and oxygen atoms in total. The Kier molecular flexibility index (Phi) is 5.87. The molecule has 0 spiro atoms. The average Bonchev–Trinajstić information content (AvgIpc) is 3.13. The van der Waals surface area contributed by atoms with Gasteiger partial charge in [0.15, 0.2) is 0 Å². The summed E-state index contributed by atoms with van der Waals surface area (Å²) in [7, 11) is 0. The summed E-state index contributed by atoms with van der Waals surface area (Å²) >= 11 is 0. The fourth-order valence-electron chi connectivity index (χ4n) is 2.82. The molecule has 0 aliphatic carbocycles. The fraction of sp³-hybridized carbons (Fsp3) is 0.588. The van der Waals surface area contributed by atoms with Crippen molar-refractivity contribution in [3.63, 3.8) is 0 Å². The van der Waals surface area contributed by atoms with Crippen LogP contribution in [0.25, 0.3) is 0 Å². The van der Waals surface area contributed by atoms with Crippen molar-refractivity contribution in [3.8, 4) is 5.75 Å². The quantitative estimate of drug-likeness (QED) is 0.855. The standard InChI is InChI=1S/C17H23FN2O4/c18-13-3-4-16(24-12-14-2-1-7-23-14)15(10-13)19-11-17(21)20-5-8-22-9-6-20/h3-4,10,14,19H,1-2,5-9,11-12H2/t14-/m0/s1. The molecular formula is C17H23FN2O4. The zero-order valence-electron chi connectivity index (χ0n) is 13.6. The van der Waals surface area contributed by atoms with Crippen molar-refractivity contribution in [1.29, 1.82) is 0 Å². The number of benzene rings is 1. The van der Waals surface area contributed by atoms with E-state index < -0.39 is 0 Å². The molecule has 0 saturated carbocycles. The number of ether oxygens (including phenoxy) is 3. The lowest BCUT2D eigenvalue weighted by molar-refractivity contribution is -0.133. The Balaban J connectivity index is 1.56. The molecule has 2 heterocycles.